The number of amides is 1. The Bertz CT molecular complexity index is 1280. The van der Waals surface area contributed by atoms with Gasteiger partial charge in [-0.15, -0.1) is 0 Å². The van der Waals surface area contributed by atoms with E-state index in [0.29, 0.717) is 17.7 Å². The topological polar surface area (TPSA) is 93.1 Å². The lowest BCUT2D eigenvalue weighted by molar-refractivity contribution is 0.0948. The van der Waals surface area contributed by atoms with Crippen LogP contribution < -0.4 is 10.0 Å². The van der Waals surface area contributed by atoms with E-state index in [-0.39, 0.29) is 23.7 Å². The molecule has 4 rings (SSSR count). The van der Waals surface area contributed by atoms with E-state index < -0.39 is 21.7 Å². The number of para-hydroxylation sites is 1. The molecule has 0 atom stereocenters. The Labute approximate surface area is 186 Å². The molecule has 0 radical (unpaired) electrons. The van der Waals surface area contributed by atoms with Crippen LogP contribution in [0.5, 0.6) is 0 Å². The van der Waals surface area contributed by atoms with Crippen molar-refractivity contribution in [2.45, 2.75) is 38.0 Å². The molecule has 7 nitrogen and oxygen atoms in total. The highest BCUT2D eigenvalue weighted by Crippen LogP contribution is 2.28. The molecule has 9 heteroatoms. The first-order valence-electron chi connectivity index (χ1n) is 10.5. The predicted octanol–water partition coefficient (Wildman–Crippen LogP) is 2.83. The third kappa shape index (κ3) is 4.31. The van der Waals surface area contributed by atoms with Crippen molar-refractivity contribution in [1.29, 1.82) is 0 Å². The Kier molecular flexibility index (Phi) is 6.12. The molecule has 0 aliphatic heterocycles. The summed E-state index contributed by atoms with van der Waals surface area (Å²) in [5.74, 6) is -0.804. The number of fused-ring (bicyclic) bond motifs is 1. The van der Waals surface area contributed by atoms with Crippen LogP contribution in [0.1, 0.15) is 39.3 Å². The largest absolute Gasteiger partial charge is 0.349 e. The van der Waals surface area contributed by atoms with Gasteiger partial charge in [0.05, 0.1) is 4.90 Å². The molecule has 3 aromatic rings. The number of hydrogen-bond donors (Lipinski definition) is 2. The fourth-order valence-electron chi connectivity index (χ4n) is 3.96. The maximum atomic E-state index is 14.3. The monoisotopic (exact) mass is 456 g/mol. The van der Waals surface area contributed by atoms with E-state index >= 15 is 0 Å². The fraction of sp³-hybridized carbons (Fsp3) is 0.304. The first-order valence-corrected chi connectivity index (χ1v) is 12.0. The Hall–Kier alpha value is -3.04. The molecule has 1 aromatic heterocycles. The van der Waals surface area contributed by atoms with Gasteiger partial charge < -0.3 is 5.32 Å². The van der Waals surface area contributed by atoms with Crippen molar-refractivity contribution < 1.29 is 17.6 Å². The number of aromatic nitrogens is 2. The van der Waals surface area contributed by atoms with Gasteiger partial charge in [0.25, 0.3) is 5.91 Å². The number of carbonyl (C=O) groups is 1. The summed E-state index contributed by atoms with van der Waals surface area (Å²) in [6.07, 6.45) is 2.29. The van der Waals surface area contributed by atoms with Crippen LogP contribution in [-0.2, 0) is 22.9 Å². The zero-order chi connectivity index (χ0) is 22.9. The van der Waals surface area contributed by atoms with Crippen LogP contribution in [0.4, 0.5) is 4.39 Å². The second-order valence-electron chi connectivity index (χ2n) is 7.91. The molecule has 1 heterocycles. The van der Waals surface area contributed by atoms with Crippen molar-refractivity contribution in [2.75, 3.05) is 13.1 Å². The number of nitrogens with zero attached hydrogens (tertiary/aromatic N) is 2. The normalized spacial score (nSPS) is 13.2. The van der Waals surface area contributed by atoms with Crippen LogP contribution in [0, 0.1) is 19.7 Å². The Balaban J connectivity index is 1.44. The molecule has 168 valence electrons. The summed E-state index contributed by atoms with van der Waals surface area (Å²) < 4.78 is 43.5. The summed E-state index contributed by atoms with van der Waals surface area (Å²) in [7, 11) is -3.68. The third-order valence-electron chi connectivity index (χ3n) is 5.56. The average molecular weight is 457 g/mol. The molecule has 1 amide bonds. The maximum Gasteiger partial charge on any atom is 0.272 e. The van der Waals surface area contributed by atoms with E-state index in [2.05, 4.69) is 15.1 Å². The molecular weight excluding hydrogens is 431 g/mol. The summed E-state index contributed by atoms with van der Waals surface area (Å²) >= 11 is 0. The Morgan fingerprint density at radius 1 is 1.12 bits per heavy atom. The summed E-state index contributed by atoms with van der Waals surface area (Å²) in [5.41, 5.74) is 3.74. The zero-order valence-corrected chi connectivity index (χ0v) is 18.8. The predicted molar refractivity (Wildman–Crippen MR) is 119 cm³/mol. The molecule has 0 unspecified atom stereocenters. The minimum atomic E-state index is -3.68. The quantitative estimate of drug-likeness (QED) is 0.535. The third-order valence-corrected chi connectivity index (χ3v) is 7.16. The Morgan fingerprint density at radius 2 is 1.91 bits per heavy atom. The van der Waals surface area contributed by atoms with E-state index in [0.717, 1.165) is 29.7 Å². The minimum absolute atomic E-state index is 0.0394. The molecular formula is C23H25FN4O3S. The van der Waals surface area contributed by atoms with Crippen LogP contribution in [0.2, 0.25) is 0 Å². The number of nitrogens with one attached hydrogen (secondary N) is 2. The van der Waals surface area contributed by atoms with E-state index in [1.807, 2.05) is 13.0 Å². The number of halogens is 1. The summed E-state index contributed by atoms with van der Waals surface area (Å²) in [6, 6.07) is 11.6. The number of aryl methyl sites for hydroxylation is 2. The highest BCUT2D eigenvalue weighted by atomic mass is 32.2. The van der Waals surface area contributed by atoms with Crippen molar-refractivity contribution in [3.63, 3.8) is 0 Å². The molecule has 2 aromatic carbocycles. The number of hydrogen-bond acceptors (Lipinski definition) is 4. The smallest absolute Gasteiger partial charge is 0.272 e. The van der Waals surface area contributed by atoms with Gasteiger partial charge in [0.15, 0.2) is 5.69 Å². The van der Waals surface area contributed by atoms with Gasteiger partial charge in [-0.2, -0.15) is 5.10 Å². The summed E-state index contributed by atoms with van der Waals surface area (Å²) in [5, 5.41) is 7.11. The maximum absolute atomic E-state index is 14.3. The van der Waals surface area contributed by atoms with Crippen molar-refractivity contribution in [3.05, 3.63) is 76.4 Å². The van der Waals surface area contributed by atoms with Crippen molar-refractivity contribution in [1.82, 2.24) is 19.8 Å². The zero-order valence-electron chi connectivity index (χ0n) is 18.0. The summed E-state index contributed by atoms with van der Waals surface area (Å²) in [6.45, 7) is 3.71. The summed E-state index contributed by atoms with van der Waals surface area (Å²) in [4.78, 5) is 13.0. The molecule has 0 saturated carbocycles. The van der Waals surface area contributed by atoms with Crippen molar-refractivity contribution >= 4 is 15.9 Å². The standard InChI is InChI=1S/C23H25FN4O3S/c1-15-10-11-16(2)21(14-15)32(30,31)26-13-12-25-23(29)22-17-6-5-9-19(17)28(27-22)20-8-4-3-7-18(20)24/h3-4,7-8,10-11,14,26H,5-6,9,12-13H2,1-2H3,(H,25,29). The minimum Gasteiger partial charge on any atom is -0.349 e. The second-order valence-corrected chi connectivity index (χ2v) is 9.65. The van der Waals surface area contributed by atoms with Crippen LogP contribution in [0.15, 0.2) is 47.4 Å². The molecule has 32 heavy (non-hydrogen) atoms. The Morgan fingerprint density at radius 3 is 2.69 bits per heavy atom. The average Bonchev–Trinajstić information content (AvgIpc) is 3.36. The second kappa shape index (κ2) is 8.84. The number of carbonyl (C=O) groups excluding carboxylic acids is 1. The van der Waals surface area contributed by atoms with Crippen LogP contribution in [0.25, 0.3) is 5.69 Å². The lowest BCUT2D eigenvalue weighted by atomic mass is 10.2. The van der Waals surface area contributed by atoms with Gasteiger partial charge in [-0.1, -0.05) is 24.3 Å². The van der Waals surface area contributed by atoms with Gasteiger partial charge in [0.1, 0.15) is 11.5 Å². The number of benzene rings is 2. The van der Waals surface area contributed by atoms with Gasteiger partial charge >= 0.3 is 0 Å². The van der Waals surface area contributed by atoms with Gasteiger partial charge in [-0.05, 0) is 62.4 Å². The van der Waals surface area contributed by atoms with Gasteiger partial charge in [0, 0.05) is 24.3 Å². The van der Waals surface area contributed by atoms with Crippen molar-refractivity contribution in [2.24, 2.45) is 0 Å². The SMILES string of the molecule is Cc1ccc(C)c(S(=O)(=O)NCCNC(=O)c2nn(-c3ccccc3F)c3c2CCC3)c1. The molecule has 1 aliphatic rings. The van der Waals surface area contributed by atoms with E-state index in [9.17, 15) is 17.6 Å². The van der Waals surface area contributed by atoms with Gasteiger partial charge in [0.2, 0.25) is 10.0 Å². The van der Waals surface area contributed by atoms with Gasteiger partial charge in [-0.25, -0.2) is 22.2 Å². The van der Waals surface area contributed by atoms with E-state index in [4.69, 9.17) is 0 Å². The molecule has 0 fully saturated rings. The van der Waals surface area contributed by atoms with E-state index in [1.54, 1.807) is 37.3 Å². The van der Waals surface area contributed by atoms with Crippen LogP contribution in [-0.4, -0.2) is 37.2 Å². The van der Waals surface area contributed by atoms with Crippen LogP contribution >= 0.6 is 0 Å². The molecule has 2 N–H and O–H groups in total. The molecule has 1 aliphatic carbocycles. The highest BCUT2D eigenvalue weighted by Gasteiger charge is 2.27. The molecule has 0 saturated heterocycles. The van der Waals surface area contributed by atoms with Crippen LogP contribution in [0.3, 0.4) is 0 Å². The lowest BCUT2D eigenvalue weighted by Gasteiger charge is -2.10. The fourth-order valence-corrected chi connectivity index (χ4v) is 5.32. The van der Waals surface area contributed by atoms with Crippen molar-refractivity contribution in [3.8, 4) is 5.69 Å². The number of rotatable bonds is 7. The van der Waals surface area contributed by atoms with Gasteiger partial charge in [-0.3, -0.25) is 4.79 Å². The molecule has 0 bridgehead atoms. The lowest BCUT2D eigenvalue weighted by Crippen LogP contribution is -2.35. The number of sulfonamides is 1. The first kappa shape index (κ1) is 22.2. The highest BCUT2D eigenvalue weighted by molar-refractivity contribution is 7.89. The first-order chi connectivity index (χ1) is 15.3. The van der Waals surface area contributed by atoms with E-state index in [1.165, 1.54) is 10.7 Å². The molecule has 0 spiro atoms.